The van der Waals surface area contributed by atoms with Crippen molar-refractivity contribution in [1.29, 1.82) is 0 Å². The van der Waals surface area contributed by atoms with E-state index in [2.05, 4.69) is 4.99 Å². The first-order valence-corrected chi connectivity index (χ1v) is 12.6. The van der Waals surface area contributed by atoms with Crippen LogP contribution in [0.3, 0.4) is 0 Å². The number of thiazole rings is 1. The largest absolute Gasteiger partial charge is 0.496 e. The second-order valence-corrected chi connectivity index (χ2v) is 9.81. The van der Waals surface area contributed by atoms with Crippen LogP contribution >= 0.6 is 22.9 Å². The first kappa shape index (κ1) is 24.8. The van der Waals surface area contributed by atoms with E-state index >= 15 is 0 Å². The highest BCUT2D eigenvalue weighted by Gasteiger charge is 2.35. The fraction of sp³-hybridized carbons (Fsp3) is 0.179. The summed E-state index contributed by atoms with van der Waals surface area (Å²) in [5.74, 6) is 0.540. The monoisotopic (exact) mass is 534 g/mol. The zero-order valence-corrected chi connectivity index (χ0v) is 22.1. The quantitative estimate of drug-likeness (QED) is 0.358. The number of fused-ring (bicyclic) bond motifs is 2. The topological polar surface area (TPSA) is 79.1 Å². The SMILES string of the molecule is COC(=O)C1=C(C)N=c2s/c(=C\c3c(OC)ccc4ccccc34)c(=O)n2[C@H]1c1cc(Cl)ccc1OC. The number of nitrogens with zero attached hydrogens (tertiary/aromatic N) is 2. The molecule has 1 aromatic heterocycles. The number of aromatic nitrogens is 1. The van der Waals surface area contributed by atoms with Crippen LogP contribution in [0.2, 0.25) is 5.02 Å². The molecule has 0 radical (unpaired) electrons. The molecule has 188 valence electrons. The van der Waals surface area contributed by atoms with Gasteiger partial charge in [-0.3, -0.25) is 9.36 Å². The van der Waals surface area contributed by atoms with Gasteiger partial charge in [-0.2, -0.15) is 0 Å². The highest BCUT2D eigenvalue weighted by molar-refractivity contribution is 7.07. The summed E-state index contributed by atoms with van der Waals surface area (Å²) in [5, 5.41) is 2.41. The van der Waals surface area contributed by atoms with Gasteiger partial charge < -0.3 is 14.2 Å². The van der Waals surface area contributed by atoms with Gasteiger partial charge in [-0.25, -0.2) is 9.79 Å². The molecule has 0 N–H and O–H groups in total. The van der Waals surface area contributed by atoms with Crippen LogP contribution in [0.25, 0.3) is 16.8 Å². The molecule has 0 amide bonds. The molecule has 0 spiro atoms. The molecule has 1 aliphatic heterocycles. The van der Waals surface area contributed by atoms with Crippen LogP contribution < -0.4 is 24.4 Å². The molecule has 0 aliphatic carbocycles. The van der Waals surface area contributed by atoms with Crippen molar-refractivity contribution in [2.75, 3.05) is 21.3 Å². The van der Waals surface area contributed by atoms with Crippen LogP contribution in [0.5, 0.6) is 11.5 Å². The Bertz CT molecular complexity index is 1770. The molecule has 7 nitrogen and oxygen atoms in total. The molecule has 1 atom stereocenters. The Morgan fingerprint density at radius 3 is 2.51 bits per heavy atom. The van der Waals surface area contributed by atoms with E-state index < -0.39 is 12.0 Å². The van der Waals surface area contributed by atoms with Gasteiger partial charge in [0.05, 0.1) is 37.1 Å². The lowest BCUT2D eigenvalue weighted by Gasteiger charge is -2.25. The van der Waals surface area contributed by atoms with Crippen molar-refractivity contribution in [2.24, 2.45) is 4.99 Å². The predicted molar refractivity (Wildman–Crippen MR) is 144 cm³/mol. The Morgan fingerprint density at radius 2 is 1.78 bits per heavy atom. The summed E-state index contributed by atoms with van der Waals surface area (Å²) in [5.41, 5.74) is 1.73. The number of rotatable bonds is 5. The molecule has 37 heavy (non-hydrogen) atoms. The highest BCUT2D eigenvalue weighted by Crippen LogP contribution is 2.37. The molecule has 0 unspecified atom stereocenters. The van der Waals surface area contributed by atoms with Gasteiger partial charge in [0.2, 0.25) is 0 Å². The number of hydrogen-bond donors (Lipinski definition) is 0. The van der Waals surface area contributed by atoms with Crippen LogP contribution in [-0.4, -0.2) is 31.9 Å². The van der Waals surface area contributed by atoms with Gasteiger partial charge in [-0.15, -0.1) is 0 Å². The minimum absolute atomic E-state index is 0.241. The van der Waals surface area contributed by atoms with Gasteiger partial charge in [-0.1, -0.05) is 53.3 Å². The Hall–Kier alpha value is -3.88. The summed E-state index contributed by atoms with van der Waals surface area (Å²) in [6, 6.07) is 16.0. The Labute approximate surface area is 221 Å². The normalized spacial score (nSPS) is 15.4. The average molecular weight is 535 g/mol. The van der Waals surface area contributed by atoms with E-state index in [1.54, 1.807) is 32.2 Å². The molecule has 5 rings (SSSR count). The number of hydrogen-bond acceptors (Lipinski definition) is 7. The lowest BCUT2D eigenvalue weighted by Crippen LogP contribution is -2.40. The van der Waals surface area contributed by atoms with Gasteiger partial charge in [-0.05, 0) is 48.0 Å². The summed E-state index contributed by atoms with van der Waals surface area (Å²) in [7, 11) is 4.42. The molecule has 3 aromatic carbocycles. The minimum Gasteiger partial charge on any atom is -0.496 e. The number of esters is 1. The summed E-state index contributed by atoms with van der Waals surface area (Å²) >= 11 is 7.58. The molecule has 0 fully saturated rings. The van der Waals surface area contributed by atoms with Crippen molar-refractivity contribution in [3.8, 4) is 11.5 Å². The number of allylic oxidation sites excluding steroid dienone is 1. The van der Waals surface area contributed by atoms with Crippen LogP contribution in [0.15, 0.2) is 75.7 Å². The third kappa shape index (κ3) is 4.22. The van der Waals surface area contributed by atoms with Crippen molar-refractivity contribution in [3.05, 3.63) is 102 Å². The minimum atomic E-state index is -0.839. The second kappa shape index (κ2) is 9.88. The zero-order chi connectivity index (χ0) is 26.3. The maximum atomic E-state index is 14.0. The van der Waals surface area contributed by atoms with E-state index in [0.29, 0.717) is 37.1 Å². The van der Waals surface area contributed by atoms with Crippen molar-refractivity contribution < 1.29 is 19.0 Å². The Kier molecular flexibility index (Phi) is 6.62. The summed E-state index contributed by atoms with van der Waals surface area (Å²) < 4.78 is 18.2. The smallest absolute Gasteiger partial charge is 0.338 e. The average Bonchev–Trinajstić information content (AvgIpc) is 3.21. The van der Waals surface area contributed by atoms with Gasteiger partial charge >= 0.3 is 5.97 Å². The van der Waals surface area contributed by atoms with Crippen molar-refractivity contribution in [3.63, 3.8) is 0 Å². The lowest BCUT2D eigenvalue weighted by atomic mass is 9.95. The number of halogens is 1. The molecule has 4 aromatic rings. The van der Waals surface area contributed by atoms with Crippen molar-refractivity contribution >= 4 is 45.8 Å². The standard InChI is InChI=1S/C28H23ClN2O5S/c1-15-24(27(33)36-4)25(20-13-17(29)10-12-22(20)35-3)31-26(32)23(37-28(31)30-15)14-19-18-8-6-5-7-16(18)9-11-21(19)34-2/h5-14,25H,1-4H3/b23-14-/t25-/m0/s1. The number of methoxy groups -OCH3 is 3. The van der Waals surface area contributed by atoms with E-state index in [9.17, 15) is 9.59 Å². The third-order valence-corrected chi connectivity index (χ3v) is 7.56. The molecule has 2 heterocycles. The zero-order valence-electron chi connectivity index (χ0n) is 20.6. The maximum absolute atomic E-state index is 14.0. The van der Waals surface area contributed by atoms with E-state index in [4.69, 9.17) is 25.8 Å². The summed E-state index contributed by atoms with van der Waals surface area (Å²) in [4.78, 5) is 32.0. The molecule has 0 bridgehead atoms. The molecule has 0 saturated heterocycles. The Balaban J connectivity index is 1.83. The van der Waals surface area contributed by atoms with E-state index in [-0.39, 0.29) is 11.1 Å². The van der Waals surface area contributed by atoms with E-state index in [1.807, 2.05) is 42.5 Å². The third-order valence-electron chi connectivity index (χ3n) is 6.34. The van der Waals surface area contributed by atoms with E-state index in [0.717, 1.165) is 16.3 Å². The maximum Gasteiger partial charge on any atom is 0.338 e. The van der Waals surface area contributed by atoms with Crippen LogP contribution in [-0.2, 0) is 9.53 Å². The highest BCUT2D eigenvalue weighted by atomic mass is 35.5. The predicted octanol–water partition coefficient (Wildman–Crippen LogP) is 4.23. The fourth-order valence-corrected chi connectivity index (χ4v) is 5.85. The van der Waals surface area contributed by atoms with Gasteiger partial charge in [0, 0.05) is 16.1 Å². The number of carbonyl (C=O) groups excluding carboxylic acids is 1. The molecular weight excluding hydrogens is 512 g/mol. The van der Waals surface area contributed by atoms with E-state index in [1.165, 1.54) is 30.1 Å². The molecule has 9 heteroatoms. The molecule has 1 aliphatic rings. The molecule has 0 saturated carbocycles. The van der Waals surface area contributed by atoms with Gasteiger partial charge in [0.1, 0.15) is 17.5 Å². The second-order valence-electron chi connectivity index (χ2n) is 8.36. The number of ether oxygens (including phenoxy) is 3. The van der Waals surface area contributed by atoms with Crippen LogP contribution in [0.1, 0.15) is 24.1 Å². The molecular formula is C28H23ClN2O5S. The number of carbonyl (C=O) groups is 1. The van der Waals surface area contributed by atoms with Crippen LogP contribution in [0, 0.1) is 0 Å². The summed E-state index contributed by atoms with van der Waals surface area (Å²) in [6.45, 7) is 1.72. The van der Waals surface area contributed by atoms with Crippen LogP contribution in [0.4, 0.5) is 0 Å². The van der Waals surface area contributed by atoms with Crippen molar-refractivity contribution in [2.45, 2.75) is 13.0 Å². The van der Waals surface area contributed by atoms with Crippen molar-refractivity contribution in [1.82, 2.24) is 4.57 Å². The van der Waals surface area contributed by atoms with Gasteiger partial charge in [0.25, 0.3) is 5.56 Å². The van der Waals surface area contributed by atoms with Gasteiger partial charge in [0.15, 0.2) is 4.80 Å². The first-order valence-electron chi connectivity index (χ1n) is 11.4. The lowest BCUT2D eigenvalue weighted by molar-refractivity contribution is -0.136. The first-order chi connectivity index (χ1) is 17.9. The Morgan fingerprint density at radius 1 is 1.05 bits per heavy atom. The number of benzene rings is 3. The summed E-state index contributed by atoms with van der Waals surface area (Å²) in [6.07, 6.45) is 1.81. The fourth-order valence-electron chi connectivity index (χ4n) is 4.64.